The first-order valence-electron chi connectivity index (χ1n) is 22.8. The molecule has 1 aliphatic rings. The van der Waals surface area contributed by atoms with Gasteiger partial charge in [0.25, 0.3) is 0 Å². The summed E-state index contributed by atoms with van der Waals surface area (Å²) in [5.74, 6) is 1.61. The fraction of sp³-hybridized carbons (Fsp3) is 0.0476. The smallest absolute Gasteiger partial charge is 0.168 e. The van der Waals surface area contributed by atoms with E-state index in [9.17, 15) is 0 Å². The van der Waals surface area contributed by atoms with Gasteiger partial charge >= 0.3 is 0 Å². The van der Waals surface area contributed by atoms with E-state index in [1.54, 1.807) is 0 Å². The number of hydrogen-bond donors (Lipinski definition) is 0. The van der Waals surface area contributed by atoms with E-state index < -0.39 is 0 Å². The lowest BCUT2D eigenvalue weighted by Crippen LogP contribution is -2.14. The number of fused-ring (bicyclic) bond motifs is 7. The van der Waals surface area contributed by atoms with Gasteiger partial charge in [0, 0.05) is 22.2 Å². The minimum atomic E-state index is -0.158. The fourth-order valence-electron chi connectivity index (χ4n) is 10.8. The molecular formula is C63H43N3. The molecule has 11 aromatic carbocycles. The van der Waals surface area contributed by atoms with Gasteiger partial charge in [-0.05, 0) is 141 Å². The Balaban J connectivity index is 1.06. The summed E-state index contributed by atoms with van der Waals surface area (Å²) in [5, 5.41) is 19.5. The summed E-state index contributed by atoms with van der Waals surface area (Å²) in [6.07, 6.45) is 0. The Hall–Kier alpha value is -8.40. The van der Waals surface area contributed by atoms with Gasteiger partial charge in [0.1, 0.15) is 0 Å². The molecule has 0 amide bonds. The SMILES string of the molecule is CC1(C)c2ccccc2-c2cc3c(-c4ccc5ccccc5c4)c4ccc(-c5ccc(-c6nnc(-c7ccccc7)n6-c6ccccc6)cc5)cc4c(-c4ccc5ccccc5c4)c3cc21. The molecular weight excluding hydrogens is 799 g/mol. The molecule has 12 aromatic rings. The molecule has 1 aliphatic carbocycles. The third-order valence-corrected chi connectivity index (χ3v) is 14.1. The largest absolute Gasteiger partial charge is 0.275 e. The molecule has 0 bridgehead atoms. The summed E-state index contributed by atoms with van der Waals surface area (Å²) in [6.45, 7) is 4.77. The van der Waals surface area contributed by atoms with E-state index in [-0.39, 0.29) is 5.41 Å². The highest BCUT2D eigenvalue weighted by Gasteiger charge is 2.36. The third kappa shape index (κ3) is 5.97. The van der Waals surface area contributed by atoms with Gasteiger partial charge < -0.3 is 0 Å². The average Bonchev–Trinajstić information content (AvgIpc) is 3.92. The van der Waals surface area contributed by atoms with Crippen LogP contribution in [0, 0.1) is 0 Å². The van der Waals surface area contributed by atoms with Crippen LogP contribution in [0.2, 0.25) is 0 Å². The van der Waals surface area contributed by atoms with Crippen LogP contribution in [-0.4, -0.2) is 14.8 Å². The minimum Gasteiger partial charge on any atom is -0.275 e. The van der Waals surface area contributed by atoms with Gasteiger partial charge in [-0.15, -0.1) is 10.2 Å². The second kappa shape index (κ2) is 14.8. The molecule has 0 saturated heterocycles. The van der Waals surface area contributed by atoms with Crippen LogP contribution in [0.4, 0.5) is 0 Å². The first-order valence-corrected chi connectivity index (χ1v) is 22.8. The first-order chi connectivity index (χ1) is 32.5. The number of aromatic nitrogens is 3. The van der Waals surface area contributed by atoms with Crippen molar-refractivity contribution in [2.45, 2.75) is 19.3 Å². The van der Waals surface area contributed by atoms with Gasteiger partial charge in [-0.3, -0.25) is 4.57 Å². The Labute approximate surface area is 383 Å². The van der Waals surface area contributed by atoms with Crippen LogP contribution in [0.25, 0.3) is 116 Å². The molecule has 3 nitrogen and oxygen atoms in total. The predicted octanol–water partition coefficient (Wildman–Crippen LogP) is 16.5. The molecule has 0 spiro atoms. The van der Waals surface area contributed by atoms with Crippen LogP contribution < -0.4 is 0 Å². The fourth-order valence-corrected chi connectivity index (χ4v) is 10.8. The standard InChI is InChI=1S/C63H43N3/c1-63(2)57-24-14-13-23-51(57)53-38-55-56(39-58(53)63)60(49-32-28-41-16-10-12-20-46(41)36-49)54-37-47(33-34-52(54)59(55)48-31-27-40-15-9-11-19-45(40)35-48)42-25-29-44(30-26-42)62-65-64-61(43-17-5-3-6-18-43)66(62)50-21-7-4-8-22-50/h3-39H,1-2H3. The Morgan fingerprint density at radius 1 is 0.318 bits per heavy atom. The predicted molar refractivity (Wildman–Crippen MR) is 276 cm³/mol. The lowest BCUT2D eigenvalue weighted by molar-refractivity contribution is 0.661. The summed E-state index contributed by atoms with van der Waals surface area (Å²) in [6, 6.07) is 82.1. The summed E-state index contributed by atoms with van der Waals surface area (Å²) >= 11 is 0. The zero-order valence-electron chi connectivity index (χ0n) is 36.7. The van der Waals surface area contributed by atoms with Crippen molar-refractivity contribution in [3.63, 3.8) is 0 Å². The van der Waals surface area contributed by atoms with Gasteiger partial charge in [-0.1, -0.05) is 196 Å². The maximum absolute atomic E-state index is 4.80. The molecule has 1 heterocycles. The number of para-hydroxylation sites is 1. The van der Waals surface area contributed by atoms with Gasteiger partial charge in [-0.2, -0.15) is 0 Å². The Morgan fingerprint density at radius 2 is 0.803 bits per heavy atom. The van der Waals surface area contributed by atoms with Crippen LogP contribution >= 0.6 is 0 Å². The summed E-state index contributed by atoms with van der Waals surface area (Å²) in [7, 11) is 0. The van der Waals surface area contributed by atoms with Crippen molar-refractivity contribution >= 4 is 43.1 Å². The van der Waals surface area contributed by atoms with Crippen LogP contribution in [0.1, 0.15) is 25.0 Å². The molecule has 0 N–H and O–H groups in total. The van der Waals surface area contributed by atoms with E-state index in [0.29, 0.717) is 0 Å². The lowest BCUT2D eigenvalue weighted by atomic mass is 9.79. The molecule has 0 unspecified atom stereocenters. The maximum atomic E-state index is 4.80. The normalized spacial score (nSPS) is 12.8. The van der Waals surface area contributed by atoms with Crippen molar-refractivity contribution in [3.05, 3.63) is 236 Å². The number of rotatable bonds is 6. The minimum absolute atomic E-state index is 0.158. The second-order valence-corrected chi connectivity index (χ2v) is 18.2. The van der Waals surface area contributed by atoms with Gasteiger partial charge in [-0.25, -0.2) is 0 Å². The topological polar surface area (TPSA) is 30.7 Å². The van der Waals surface area contributed by atoms with Crippen molar-refractivity contribution in [2.75, 3.05) is 0 Å². The molecule has 1 aromatic heterocycles. The first kappa shape index (κ1) is 38.1. The Bertz CT molecular complexity index is 3880. The molecule has 0 fully saturated rings. The number of benzene rings is 11. The van der Waals surface area contributed by atoms with Crippen molar-refractivity contribution < 1.29 is 0 Å². The van der Waals surface area contributed by atoms with E-state index in [0.717, 1.165) is 39.6 Å². The monoisotopic (exact) mass is 841 g/mol. The molecule has 0 aliphatic heterocycles. The molecule has 13 rings (SSSR count). The van der Waals surface area contributed by atoms with Crippen molar-refractivity contribution in [1.29, 1.82) is 0 Å². The van der Waals surface area contributed by atoms with E-state index in [4.69, 9.17) is 10.2 Å². The van der Waals surface area contributed by atoms with E-state index >= 15 is 0 Å². The van der Waals surface area contributed by atoms with Crippen LogP contribution in [0.5, 0.6) is 0 Å². The van der Waals surface area contributed by atoms with Crippen LogP contribution in [-0.2, 0) is 5.41 Å². The zero-order valence-corrected chi connectivity index (χ0v) is 36.7. The highest BCUT2D eigenvalue weighted by atomic mass is 15.3. The van der Waals surface area contributed by atoms with Crippen molar-refractivity contribution in [3.8, 4) is 73.0 Å². The summed E-state index contributed by atoms with van der Waals surface area (Å²) < 4.78 is 2.16. The highest BCUT2D eigenvalue weighted by Crippen LogP contribution is 2.54. The van der Waals surface area contributed by atoms with Crippen LogP contribution in [0.3, 0.4) is 0 Å². The quantitative estimate of drug-likeness (QED) is 0.156. The zero-order chi connectivity index (χ0) is 43.9. The van der Waals surface area contributed by atoms with E-state index in [1.165, 1.54) is 87.6 Å². The van der Waals surface area contributed by atoms with Gasteiger partial charge in [0.05, 0.1) is 0 Å². The maximum Gasteiger partial charge on any atom is 0.168 e. The molecule has 0 saturated carbocycles. The Kier molecular flexibility index (Phi) is 8.56. The van der Waals surface area contributed by atoms with Crippen molar-refractivity contribution in [1.82, 2.24) is 14.8 Å². The Morgan fingerprint density at radius 3 is 1.47 bits per heavy atom. The van der Waals surface area contributed by atoms with Crippen molar-refractivity contribution in [2.24, 2.45) is 0 Å². The summed E-state index contributed by atoms with van der Waals surface area (Å²) in [4.78, 5) is 0. The molecule has 0 atom stereocenters. The lowest BCUT2D eigenvalue weighted by Gasteiger charge is -2.24. The number of nitrogens with zero attached hydrogens (tertiary/aromatic N) is 3. The summed E-state index contributed by atoms with van der Waals surface area (Å²) in [5.41, 5.74) is 15.5. The second-order valence-electron chi connectivity index (χ2n) is 18.2. The average molecular weight is 842 g/mol. The molecule has 0 radical (unpaired) electrons. The number of hydrogen-bond acceptors (Lipinski definition) is 2. The molecule has 3 heteroatoms. The van der Waals surface area contributed by atoms with E-state index in [2.05, 4.69) is 219 Å². The highest BCUT2D eigenvalue weighted by molar-refractivity contribution is 6.23. The molecule has 66 heavy (non-hydrogen) atoms. The molecule has 310 valence electrons. The van der Waals surface area contributed by atoms with Crippen LogP contribution in [0.15, 0.2) is 224 Å². The van der Waals surface area contributed by atoms with Gasteiger partial charge in [0.15, 0.2) is 11.6 Å². The van der Waals surface area contributed by atoms with E-state index in [1.807, 2.05) is 24.3 Å². The van der Waals surface area contributed by atoms with Gasteiger partial charge in [0.2, 0.25) is 0 Å². The third-order valence-electron chi connectivity index (χ3n) is 14.1.